The second kappa shape index (κ2) is 8.53. The topological polar surface area (TPSA) is 93.5 Å². The normalized spacial score (nSPS) is 11.0. The molecule has 128 valence electrons. The maximum absolute atomic E-state index is 12.4. The van der Waals surface area contributed by atoms with E-state index in [0.717, 1.165) is 5.56 Å². The summed E-state index contributed by atoms with van der Waals surface area (Å²) in [5.41, 5.74) is 6.73. The molecule has 0 aliphatic carbocycles. The van der Waals surface area contributed by atoms with Gasteiger partial charge in [-0.15, -0.1) is 0 Å². The lowest BCUT2D eigenvalue weighted by atomic mass is 9.81. The van der Waals surface area contributed by atoms with Crippen LogP contribution in [0.5, 0.6) is 5.75 Å². The van der Waals surface area contributed by atoms with Gasteiger partial charge >= 0.3 is 0 Å². The molecule has 0 saturated carbocycles. The number of nitrogens with one attached hydrogen (secondary N) is 2. The lowest BCUT2D eigenvalue weighted by Crippen LogP contribution is -2.45. The van der Waals surface area contributed by atoms with Gasteiger partial charge in [0.1, 0.15) is 5.75 Å². The van der Waals surface area contributed by atoms with Crippen molar-refractivity contribution in [2.45, 2.75) is 40.2 Å². The molecule has 0 atom stereocenters. The van der Waals surface area contributed by atoms with Crippen LogP contribution in [0.25, 0.3) is 0 Å². The second-order valence-electron chi connectivity index (χ2n) is 5.59. The van der Waals surface area contributed by atoms with Crippen LogP contribution in [0, 0.1) is 5.41 Å². The van der Waals surface area contributed by atoms with Crippen LogP contribution in [0.3, 0.4) is 0 Å². The van der Waals surface area contributed by atoms with E-state index in [1.165, 1.54) is 6.92 Å². The number of hydrogen-bond acceptors (Lipinski definition) is 4. The predicted molar refractivity (Wildman–Crippen MR) is 91.2 cm³/mol. The van der Waals surface area contributed by atoms with Crippen molar-refractivity contribution < 1.29 is 14.3 Å². The first-order valence-corrected chi connectivity index (χ1v) is 7.85. The molecule has 0 spiro atoms. The number of carbonyl (C=O) groups excluding carboxylic acids is 2. The fourth-order valence-corrected chi connectivity index (χ4v) is 2.47. The number of anilines is 1. The molecule has 0 unspecified atom stereocenters. The van der Waals surface area contributed by atoms with Gasteiger partial charge in [0, 0.05) is 20.0 Å². The van der Waals surface area contributed by atoms with Crippen molar-refractivity contribution in [3.05, 3.63) is 23.8 Å². The summed E-state index contributed by atoms with van der Waals surface area (Å²) >= 11 is 0. The molecule has 0 saturated heterocycles. The van der Waals surface area contributed by atoms with Gasteiger partial charge in [0.2, 0.25) is 11.8 Å². The molecule has 4 N–H and O–H groups in total. The minimum atomic E-state index is -0.521. The standard InChI is InChI=1S/C17H27N3O3/c1-5-17(6-2,11-18)16(22)19-10-13-7-8-15(23-4)14(9-13)20-12(3)21/h7-9H,5-6,10-11,18H2,1-4H3,(H,19,22)(H,20,21). The third-order valence-corrected chi connectivity index (χ3v) is 4.25. The number of hydrogen-bond donors (Lipinski definition) is 3. The summed E-state index contributed by atoms with van der Waals surface area (Å²) < 4.78 is 5.21. The van der Waals surface area contributed by atoms with Gasteiger partial charge in [-0.3, -0.25) is 9.59 Å². The monoisotopic (exact) mass is 321 g/mol. The molecule has 0 radical (unpaired) electrons. The van der Waals surface area contributed by atoms with E-state index in [1.54, 1.807) is 19.2 Å². The first kappa shape index (κ1) is 19.0. The van der Waals surface area contributed by atoms with Crippen LogP contribution in [0.15, 0.2) is 18.2 Å². The molecule has 0 aliphatic rings. The molecule has 0 fully saturated rings. The highest BCUT2D eigenvalue weighted by Gasteiger charge is 2.32. The summed E-state index contributed by atoms with van der Waals surface area (Å²) in [6, 6.07) is 5.41. The molecule has 0 bridgehead atoms. The van der Waals surface area contributed by atoms with Gasteiger partial charge in [0.15, 0.2) is 0 Å². The van der Waals surface area contributed by atoms with Crippen LogP contribution in [0.4, 0.5) is 5.69 Å². The summed E-state index contributed by atoms with van der Waals surface area (Å²) in [6.07, 6.45) is 1.40. The highest BCUT2D eigenvalue weighted by atomic mass is 16.5. The van der Waals surface area contributed by atoms with Crippen molar-refractivity contribution in [1.29, 1.82) is 0 Å². The predicted octanol–water partition coefficient (Wildman–Crippen LogP) is 2.03. The Bertz CT molecular complexity index is 546. The van der Waals surface area contributed by atoms with Gasteiger partial charge in [-0.25, -0.2) is 0 Å². The Morgan fingerprint density at radius 1 is 1.26 bits per heavy atom. The van der Waals surface area contributed by atoms with Crippen LogP contribution < -0.4 is 21.1 Å². The third kappa shape index (κ3) is 4.69. The van der Waals surface area contributed by atoms with Crippen LogP contribution in [0.2, 0.25) is 0 Å². The molecule has 1 aromatic rings. The van der Waals surface area contributed by atoms with E-state index in [4.69, 9.17) is 10.5 Å². The van der Waals surface area contributed by atoms with Crippen LogP contribution in [-0.2, 0) is 16.1 Å². The van der Waals surface area contributed by atoms with Gasteiger partial charge in [0.05, 0.1) is 18.2 Å². The zero-order valence-electron chi connectivity index (χ0n) is 14.4. The minimum absolute atomic E-state index is 0.0399. The molecule has 23 heavy (non-hydrogen) atoms. The van der Waals surface area contributed by atoms with Crippen molar-refractivity contribution in [3.8, 4) is 5.75 Å². The van der Waals surface area contributed by atoms with Crippen molar-refractivity contribution in [2.75, 3.05) is 19.0 Å². The second-order valence-corrected chi connectivity index (χ2v) is 5.59. The molecule has 0 aromatic heterocycles. The molecule has 0 aliphatic heterocycles. The lowest BCUT2D eigenvalue weighted by molar-refractivity contribution is -0.131. The molecule has 6 nitrogen and oxygen atoms in total. The van der Waals surface area contributed by atoms with Gasteiger partial charge in [0.25, 0.3) is 0 Å². The highest BCUT2D eigenvalue weighted by molar-refractivity contribution is 5.90. The van der Waals surface area contributed by atoms with Crippen molar-refractivity contribution in [2.24, 2.45) is 11.1 Å². The van der Waals surface area contributed by atoms with E-state index >= 15 is 0 Å². The maximum Gasteiger partial charge on any atom is 0.227 e. The zero-order valence-corrected chi connectivity index (χ0v) is 14.4. The first-order valence-electron chi connectivity index (χ1n) is 7.85. The Balaban J connectivity index is 2.85. The van der Waals surface area contributed by atoms with Crippen LogP contribution in [0.1, 0.15) is 39.2 Å². The highest BCUT2D eigenvalue weighted by Crippen LogP contribution is 2.27. The van der Waals surface area contributed by atoms with Gasteiger partial charge in [-0.05, 0) is 30.5 Å². The Morgan fingerprint density at radius 2 is 1.91 bits per heavy atom. The van der Waals surface area contributed by atoms with E-state index in [9.17, 15) is 9.59 Å². The van der Waals surface area contributed by atoms with Crippen LogP contribution in [-0.4, -0.2) is 25.5 Å². The quantitative estimate of drug-likeness (QED) is 0.683. The smallest absolute Gasteiger partial charge is 0.227 e. The maximum atomic E-state index is 12.4. The molecule has 1 aromatic carbocycles. The third-order valence-electron chi connectivity index (χ3n) is 4.25. The number of methoxy groups -OCH3 is 1. The average Bonchev–Trinajstić information content (AvgIpc) is 2.54. The van der Waals surface area contributed by atoms with Gasteiger partial charge in [-0.1, -0.05) is 19.9 Å². The Hall–Kier alpha value is -2.08. The van der Waals surface area contributed by atoms with E-state index in [1.807, 2.05) is 19.9 Å². The van der Waals surface area contributed by atoms with Crippen molar-refractivity contribution in [1.82, 2.24) is 5.32 Å². The zero-order chi connectivity index (χ0) is 17.5. The van der Waals surface area contributed by atoms with Gasteiger partial charge < -0.3 is 21.1 Å². The summed E-state index contributed by atoms with van der Waals surface area (Å²) in [7, 11) is 1.54. The van der Waals surface area contributed by atoms with E-state index in [-0.39, 0.29) is 11.8 Å². The average molecular weight is 321 g/mol. The number of rotatable bonds is 8. The fourth-order valence-electron chi connectivity index (χ4n) is 2.47. The van der Waals surface area contributed by atoms with Crippen LogP contribution >= 0.6 is 0 Å². The molecule has 6 heteroatoms. The van der Waals surface area contributed by atoms with Crippen molar-refractivity contribution >= 4 is 17.5 Å². The lowest BCUT2D eigenvalue weighted by Gasteiger charge is -2.28. The summed E-state index contributed by atoms with van der Waals surface area (Å²) in [5.74, 6) is 0.360. The van der Waals surface area contributed by atoms with E-state index in [2.05, 4.69) is 10.6 Å². The first-order chi connectivity index (χ1) is 10.9. The summed E-state index contributed by atoms with van der Waals surface area (Å²) in [6.45, 7) is 6.07. The Labute approximate surface area is 137 Å². The number of amides is 2. The van der Waals surface area contributed by atoms with Gasteiger partial charge in [-0.2, -0.15) is 0 Å². The minimum Gasteiger partial charge on any atom is -0.495 e. The number of ether oxygens (including phenoxy) is 1. The number of carbonyl (C=O) groups is 2. The number of benzene rings is 1. The molecule has 2 amide bonds. The number of nitrogens with two attached hydrogens (primary N) is 1. The Kier molecular flexibility index (Phi) is 7.03. The van der Waals surface area contributed by atoms with Crippen molar-refractivity contribution in [3.63, 3.8) is 0 Å². The summed E-state index contributed by atoms with van der Waals surface area (Å²) in [4.78, 5) is 23.7. The molecular weight excluding hydrogens is 294 g/mol. The summed E-state index contributed by atoms with van der Waals surface area (Å²) in [5, 5.41) is 5.66. The largest absolute Gasteiger partial charge is 0.495 e. The fraction of sp³-hybridized carbons (Fsp3) is 0.529. The molecule has 0 heterocycles. The molecular formula is C17H27N3O3. The van der Waals surface area contributed by atoms with E-state index in [0.29, 0.717) is 37.4 Å². The Morgan fingerprint density at radius 3 is 2.39 bits per heavy atom. The van der Waals surface area contributed by atoms with E-state index < -0.39 is 5.41 Å². The SMILES string of the molecule is CCC(CC)(CN)C(=O)NCc1ccc(OC)c(NC(C)=O)c1. The molecule has 1 rings (SSSR count).